The molecule has 3 heterocycles. The highest BCUT2D eigenvalue weighted by Gasteiger charge is 2.36. The summed E-state index contributed by atoms with van der Waals surface area (Å²) in [5, 5.41) is 4.98. The number of piperazine rings is 1. The SMILES string of the molecule is CNCc1csc(S(=O)(=O)N2CCN3CCCC3C2)c1. The standard InChI is InChI=1S/C13H21N3O2S2/c1-14-8-11-7-13(19-10-11)20(17,18)16-6-5-15-4-2-3-12(15)9-16/h7,10,12,14H,2-6,8-9H2,1H3. The van der Waals surface area contributed by atoms with Crippen molar-refractivity contribution < 1.29 is 8.42 Å². The molecule has 1 aromatic rings. The maximum Gasteiger partial charge on any atom is 0.252 e. The summed E-state index contributed by atoms with van der Waals surface area (Å²) >= 11 is 1.33. The normalized spacial score (nSPS) is 24.9. The van der Waals surface area contributed by atoms with Gasteiger partial charge in [0, 0.05) is 32.2 Å². The van der Waals surface area contributed by atoms with Gasteiger partial charge in [0.25, 0.3) is 10.0 Å². The number of fused-ring (bicyclic) bond motifs is 1. The van der Waals surface area contributed by atoms with Crippen LogP contribution in [0.4, 0.5) is 0 Å². The molecule has 1 atom stereocenters. The van der Waals surface area contributed by atoms with Gasteiger partial charge in [-0.15, -0.1) is 11.3 Å². The van der Waals surface area contributed by atoms with E-state index in [0.717, 1.165) is 25.1 Å². The molecule has 0 bridgehead atoms. The molecule has 5 nitrogen and oxygen atoms in total. The first-order chi connectivity index (χ1) is 9.61. The van der Waals surface area contributed by atoms with E-state index in [9.17, 15) is 8.42 Å². The average molecular weight is 315 g/mol. The van der Waals surface area contributed by atoms with Gasteiger partial charge in [0.1, 0.15) is 4.21 Å². The Bertz CT molecular complexity index is 570. The van der Waals surface area contributed by atoms with E-state index < -0.39 is 10.0 Å². The van der Waals surface area contributed by atoms with Gasteiger partial charge in [-0.1, -0.05) is 0 Å². The van der Waals surface area contributed by atoms with Gasteiger partial charge in [0.2, 0.25) is 0 Å². The van der Waals surface area contributed by atoms with Crippen LogP contribution in [-0.4, -0.2) is 56.9 Å². The summed E-state index contributed by atoms with van der Waals surface area (Å²) in [6, 6.07) is 2.23. The molecule has 0 saturated carbocycles. The molecule has 112 valence electrons. The van der Waals surface area contributed by atoms with Crippen molar-refractivity contribution in [2.75, 3.05) is 33.2 Å². The maximum atomic E-state index is 12.7. The maximum absolute atomic E-state index is 12.7. The van der Waals surface area contributed by atoms with Crippen molar-refractivity contribution in [3.63, 3.8) is 0 Å². The molecule has 7 heteroatoms. The van der Waals surface area contributed by atoms with E-state index in [1.807, 2.05) is 12.4 Å². The van der Waals surface area contributed by atoms with Gasteiger partial charge in [-0.25, -0.2) is 8.42 Å². The lowest BCUT2D eigenvalue weighted by Gasteiger charge is -2.36. The van der Waals surface area contributed by atoms with Crippen molar-refractivity contribution in [3.05, 3.63) is 17.0 Å². The summed E-state index contributed by atoms with van der Waals surface area (Å²) in [6.45, 7) is 3.99. The number of nitrogens with zero attached hydrogens (tertiary/aromatic N) is 2. The fraction of sp³-hybridized carbons (Fsp3) is 0.692. The molecule has 0 aromatic carbocycles. The second kappa shape index (κ2) is 5.73. The minimum Gasteiger partial charge on any atom is -0.316 e. The zero-order valence-electron chi connectivity index (χ0n) is 11.7. The van der Waals surface area contributed by atoms with Crippen LogP contribution < -0.4 is 5.32 Å². The monoisotopic (exact) mass is 315 g/mol. The topological polar surface area (TPSA) is 52.7 Å². The lowest BCUT2D eigenvalue weighted by atomic mass is 10.2. The molecule has 2 aliphatic heterocycles. The van der Waals surface area contributed by atoms with Crippen LogP contribution in [0.3, 0.4) is 0 Å². The van der Waals surface area contributed by atoms with Crippen LogP contribution in [0.25, 0.3) is 0 Å². The summed E-state index contributed by atoms with van der Waals surface area (Å²) in [5.41, 5.74) is 1.04. The molecular formula is C13H21N3O2S2. The molecule has 1 unspecified atom stereocenters. The Morgan fingerprint density at radius 1 is 1.40 bits per heavy atom. The van der Waals surface area contributed by atoms with Crippen molar-refractivity contribution in [2.45, 2.75) is 29.6 Å². The van der Waals surface area contributed by atoms with Crippen molar-refractivity contribution >= 4 is 21.4 Å². The van der Waals surface area contributed by atoms with Gasteiger partial charge < -0.3 is 5.32 Å². The summed E-state index contributed by atoms with van der Waals surface area (Å²) in [5.74, 6) is 0. The van der Waals surface area contributed by atoms with Crippen LogP contribution in [0.1, 0.15) is 18.4 Å². The fourth-order valence-electron chi connectivity index (χ4n) is 3.09. The Labute approximate surface area is 124 Å². The van der Waals surface area contributed by atoms with Crippen LogP contribution >= 0.6 is 11.3 Å². The third-order valence-electron chi connectivity index (χ3n) is 4.15. The Morgan fingerprint density at radius 3 is 3.05 bits per heavy atom. The Hall–Kier alpha value is -0.470. The molecule has 1 aromatic heterocycles. The zero-order valence-corrected chi connectivity index (χ0v) is 13.3. The highest BCUT2D eigenvalue weighted by atomic mass is 32.2. The van der Waals surface area contributed by atoms with E-state index in [1.54, 1.807) is 10.4 Å². The van der Waals surface area contributed by atoms with Gasteiger partial charge in [-0.05, 0) is 43.4 Å². The smallest absolute Gasteiger partial charge is 0.252 e. The third kappa shape index (κ3) is 2.65. The minimum absolute atomic E-state index is 0.426. The molecule has 1 N–H and O–H groups in total. The van der Waals surface area contributed by atoms with Crippen molar-refractivity contribution in [1.82, 2.24) is 14.5 Å². The highest BCUT2D eigenvalue weighted by molar-refractivity contribution is 7.91. The lowest BCUT2D eigenvalue weighted by Crippen LogP contribution is -2.51. The second-order valence-corrected chi connectivity index (χ2v) is 8.58. The minimum atomic E-state index is -3.30. The van der Waals surface area contributed by atoms with E-state index in [4.69, 9.17) is 0 Å². The van der Waals surface area contributed by atoms with E-state index in [0.29, 0.717) is 29.9 Å². The van der Waals surface area contributed by atoms with Crippen LogP contribution in [0.2, 0.25) is 0 Å². The quantitative estimate of drug-likeness (QED) is 0.898. The third-order valence-corrected chi connectivity index (χ3v) is 7.48. The predicted molar refractivity (Wildman–Crippen MR) is 80.4 cm³/mol. The largest absolute Gasteiger partial charge is 0.316 e. The molecule has 20 heavy (non-hydrogen) atoms. The van der Waals surface area contributed by atoms with Crippen LogP contribution in [0.15, 0.2) is 15.7 Å². The van der Waals surface area contributed by atoms with Crippen LogP contribution in [0, 0.1) is 0 Å². The van der Waals surface area contributed by atoms with E-state index in [1.165, 1.54) is 17.8 Å². The Balaban J connectivity index is 1.77. The van der Waals surface area contributed by atoms with Crippen molar-refractivity contribution in [1.29, 1.82) is 0 Å². The first-order valence-electron chi connectivity index (χ1n) is 7.07. The highest BCUT2D eigenvalue weighted by Crippen LogP contribution is 2.28. The van der Waals surface area contributed by atoms with Crippen LogP contribution in [-0.2, 0) is 16.6 Å². The number of hydrogen-bond donors (Lipinski definition) is 1. The number of rotatable bonds is 4. The summed E-state index contributed by atoms with van der Waals surface area (Å²) in [6.07, 6.45) is 2.32. The molecule has 0 spiro atoms. The first kappa shape index (κ1) is 14.5. The zero-order chi connectivity index (χ0) is 14.2. The van der Waals surface area contributed by atoms with Gasteiger partial charge in [0.15, 0.2) is 0 Å². The molecular weight excluding hydrogens is 294 g/mol. The molecule has 2 saturated heterocycles. The van der Waals surface area contributed by atoms with E-state index >= 15 is 0 Å². The van der Waals surface area contributed by atoms with Gasteiger partial charge in [-0.2, -0.15) is 4.31 Å². The summed E-state index contributed by atoms with van der Waals surface area (Å²) in [7, 11) is -1.43. The summed E-state index contributed by atoms with van der Waals surface area (Å²) in [4.78, 5) is 2.42. The molecule has 3 rings (SSSR count). The summed E-state index contributed by atoms with van der Waals surface area (Å²) < 4.78 is 27.5. The molecule has 0 amide bonds. The lowest BCUT2D eigenvalue weighted by molar-refractivity contribution is 0.158. The predicted octanol–water partition coefficient (Wildman–Crippen LogP) is 0.936. The Kier molecular flexibility index (Phi) is 4.14. The number of nitrogens with one attached hydrogen (secondary N) is 1. The van der Waals surface area contributed by atoms with Crippen molar-refractivity contribution in [2.24, 2.45) is 0 Å². The molecule has 2 aliphatic rings. The van der Waals surface area contributed by atoms with E-state index in [2.05, 4.69) is 10.2 Å². The van der Waals surface area contributed by atoms with Gasteiger partial charge in [-0.3, -0.25) is 4.90 Å². The van der Waals surface area contributed by atoms with Crippen molar-refractivity contribution in [3.8, 4) is 0 Å². The molecule has 0 radical (unpaired) electrons. The Morgan fingerprint density at radius 2 is 2.25 bits per heavy atom. The molecule has 0 aliphatic carbocycles. The average Bonchev–Trinajstić information content (AvgIpc) is 3.06. The second-order valence-electron chi connectivity index (χ2n) is 5.50. The fourth-order valence-corrected chi connectivity index (χ4v) is 5.92. The number of thiophene rings is 1. The van der Waals surface area contributed by atoms with Gasteiger partial charge in [0.05, 0.1) is 0 Å². The molecule has 2 fully saturated rings. The number of hydrogen-bond acceptors (Lipinski definition) is 5. The van der Waals surface area contributed by atoms with Gasteiger partial charge >= 0.3 is 0 Å². The first-order valence-corrected chi connectivity index (χ1v) is 9.39. The number of sulfonamides is 1. The van der Waals surface area contributed by atoms with Crippen LogP contribution in [0.5, 0.6) is 0 Å². The van der Waals surface area contributed by atoms with E-state index in [-0.39, 0.29) is 0 Å².